The average Bonchev–Trinajstić information content (AvgIpc) is 2.91. The number of hydrogen-bond donors (Lipinski definition) is 0. The summed E-state index contributed by atoms with van der Waals surface area (Å²) in [6, 6.07) is 8.23. The number of piperidine rings is 1. The van der Waals surface area contributed by atoms with E-state index in [9.17, 15) is 0 Å². The molecule has 0 unspecified atom stereocenters. The maximum atomic E-state index is 5.95. The van der Waals surface area contributed by atoms with E-state index < -0.39 is 0 Å². The number of ether oxygens (including phenoxy) is 1. The number of likely N-dealkylation sites (tertiary alicyclic amines) is 1. The second kappa shape index (κ2) is 6.92. The monoisotopic (exact) mass is 301 g/mol. The molecule has 1 aromatic heterocycles. The Kier molecular flexibility index (Phi) is 4.73. The lowest BCUT2D eigenvalue weighted by Crippen LogP contribution is -2.37. The van der Waals surface area contributed by atoms with Crippen molar-refractivity contribution < 1.29 is 9.26 Å². The van der Waals surface area contributed by atoms with Crippen molar-refractivity contribution in [2.24, 2.45) is 5.92 Å². The maximum Gasteiger partial charge on any atom is 0.223 e. The summed E-state index contributed by atoms with van der Waals surface area (Å²) in [5.74, 6) is 2.93. The molecule has 0 bridgehead atoms. The minimum atomic E-state index is 0.558. The van der Waals surface area contributed by atoms with Crippen LogP contribution >= 0.6 is 0 Å². The normalized spacial score (nSPS) is 19.3. The third-order valence-corrected chi connectivity index (χ3v) is 4.01. The van der Waals surface area contributed by atoms with Crippen LogP contribution in [0.25, 0.3) is 0 Å². The molecule has 1 aliphatic heterocycles. The zero-order chi connectivity index (χ0) is 15.4. The first-order valence-electron chi connectivity index (χ1n) is 7.90. The summed E-state index contributed by atoms with van der Waals surface area (Å²) in [6.45, 7) is 7.56. The van der Waals surface area contributed by atoms with E-state index in [1.165, 1.54) is 18.4 Å². The zero-order valence-electron chi connectivity index (χ0n) is 13.3. The molecule has 0 amide bonds. The number of aromatic nitrogens is 2. The number of rotatable bonds is 5. The number of nitrogens with zero attached hydrogens (tertiary/aromatic N) is 3. The van der Waals surface area contributed by atoms with Crippen LogP contribution in [0.2, 0.25) is 0 Å². The Hall–Kier alpha value is -1.88. The Balaban J connectivity index is 1.50. The van der Waals surface area contributed by atoms with Gasteiger partial charge in [0.2, 0.25) is 5.89 Å². The predicted molar refractivity (Wildman–Crippen MR) is 83.7 cm³/mol. The highest BCUT2D eigenvalue weighted by molar-refractivity contribution is 5.27. The molecule has 22 heavy (non-hydrogen) atoms. The first kappa shape index (κ1) is 15.0. The molecule has 5 heteroatoms. The van der Waals surface area contributed by atoms with Gasteiger partial charge in [-0.2, -0.15) is 4.98 Å². The molecule has 0 saturated carbocycles. The molecular weight excluding hydrogens is 278 g/mol. The van der Waals surface area contributed by atoms with Gasteiger partial charge >= 0.3 is 0 Å². The Morgan fingerprint density at radius 2 is 2.27 bits per heavy atom. The first-order valence-corrected chi connectivity index (χ1v) is 7.90. The van der Waals surface area contributed by atoms with Gasteiger partial charge in [-0.3, -0.25) is 4.90 Å². The molecule has 3 rings (SSSR count). The average molecular weight is 301 g/mol. The van der Waals surface area contributed by atoms with Gasteiger partial charge in [-0.25, -0.2) is 0 Å². The summed E-state index contributed by atoms with van der Waals surface area (Å²) in [5.41, 5.74) is 1.23. The van der Waals surface area contributed by atoms with E-state index in [1.54, 1.807) is 0 Å². The van der Waals surface area contributed by atoms with Crippen molar-refractivity contribution in [3.8, 4) is 5.75 Å². The van der Waals surface area contributed by atoms with E-state index in [2.05, 4.69) is 34.1 Å². The van der Waals surface area contributed by atoms with E-state index in [0.717, 1.165) is 37.8 Å². The highest BCUT2D eigenvalue weighted by Gasteiger charge is 2.21. The molecule has 5 nitrogen and oxygen atoms in total. The van der Waals surface area contributed by atoms with Crippen LogP contribution in [0, 0.1) is 19.8 Å². The molecule has 0 N–H and O–H groups in total. The highest BCUT2D eigenvalue weighted by atomic mass is 16.5. The van der Waals surface area contributed by atoms with Crippen LogP contribution in [0.15, 0.2) is 28.8 Å². The summed E-state index contributed by atoms with van der Waals surface area (Å²) in [7, 11) is 0. The fourth-order valence-electron chi connectivity index (χ4n) is 2.96. The highest BCUT2D eigenvalue weighted by Crippen LogP contribution is 2.20. The second-order valence-electron chi connectivity index (χ2n) is 6.10. The van der Waals surface area contributed by atoms with Crippen molar-refractivity contribution >= 4 is 0 Å². The minimum Gasteiger partial charge on any atom is -0.493 e. The summed E-state index contributed by atoms with van der Waals surface area (Å²) < 4.78 is 11.0. The fraction of sp³-hybridized carbons (Fsp3) is 0.529. The summed E-state index contributed by atoms with van der Waals surface area (Å²) >= 11 is 0. The van der Waals surface area contributed by atoms with Gasteiger partial charge in [-0.05, 0) is 44.0 Å². The topological polar surface area (TPSA) is 51.4 Å². The molecule has 1 saturated heterocycles. The fourth-order valence-corrected chi connectivity index (χ4v) is 2.96. The van der Waals surface area contributed by atoms with Gasteiger partial charge in [0.25, 0.3) is 0 Å². The molecule has 0 spiro atoms. The maximum absolute atomic E-state index is 5.95. The van der Waals surface area contributed by atoms with Gasteiger partial charge in [-0.1, -0.05) is 17.3 Å². The Bertz CT molecular complexity index is 611. The van der Waals surface area contributed by atoms with Gasteiger partial charge in [0.05, 0.1) is 13.2 Å². The summed E-state index contributed by atoms with van der Waals surface area (Å²) in [6.07, 6.45) is 2.41. The van der Waals surface area contributed by atoms with E-state index in [1.807, 2.05) is 19.1 Å². The molecule has 0 radical (unpaired) electrons. The third-order valence-electron chi connectivity index (χ3n) is 4.01. The van der Waals surface area contributed by atoms with Crippen LogP contribution < -0.4 is 4.74 Å². The second-order valence-corrected chi connectivity index (χ2v) is 6.10. The van der Waals surface area contributed by atoms with Crippen LogP contribution in [0.4, 0.5) is 0 Å². The Morgan fingerprint density at radius 3 is 3.05 bits per heavy atom. The largest absolute Gasteiger partial charge is 0.493 e. The number of aryl methyl sites for hydroxylation is 2. The van der Waals surface area contributed by atoms with E-state index in [4.69, 9.17) is 9.26 Å². The van der Waals surface area contributed by atoms with Gasteiger partial charge in [0.1, 0.15) is 5.75 Å². The van der Waals surface area contributed by atoms with E-state index in [-0.39, 0.29) is 0 Å². The standard InChI is InChI=1S/C17H23N3O2/c1-13-5-3-7-16(9-13)21-12-15-6-4-8-20(10-15)11-17-18-14(2)22-19-17/h3,5,7,9,15H,4,6,8,10-12H2,1-2H3/t15-/m1/s1. The molecular formula is C17H23N3O2. The van der Waals surface area contributed by atoms with Crippen molar-refractivity contribution in [2.75, 3.05) is 19.7 Å². The Labute approximate surface area is 131 Å². The van der Waals surface area contributed by atoms with Crippen molar-refractivity contribution in [1.29, 1.82) is 0 Å². The third kappa shape index (κ3) is 4.07. The predicted octanol–water partition coefficient (Wildman–Crippen LogP) is 2.98. The van der Waals surface area contributed by atoms with Crippen LogP contribution in [-0.4, -0.2) is 34.7 Å². The van der Waals surface area contributed by atoms with Crippen molar-refractivity contribution in [2.45, 2.75) is 33.2 Å². The molecule has 2 aromatic rings. The first-order chi connectivity index (χ1) is 10.7. The van der Waals surface area contributed by atoms with Gasteiger partial charge in [0.15, 0.2) is 5.82 Å². The van der Waals surface area contributed by atoms with Crippen molar-refractivity contribution in [3.63, 3.8) is 0 Å². The van der Waals surface area contributed by atoms with E-state index >= 15 is 0 Å². The van der Waals surface area contributed by atoms with Gasteiger partial charge in [0, 0.05) is 19.4 Å². The van der Waals surface area contributed by atoms with Crippen LogP contribution in [0.1, 0.15) is 30.1 Å². The quantitative estimate of drug-likeness (QED) is 0.850. The lowest BCUT2D eigenvalue weighted by atomic mass is 9.99. The Morgan fingerprint density at radius 1 is 1.36 bits per heavy atom. The minimum absolute atomic E-state index is 0.558. The van der Waals surface area contributed by atoms with Gasteiger partial charge < -0.3 is 9.26 Å². The van der Waals surface area contributed by atoms with Gasteiger partial charge in [-0.15, -0.1) is 0 Å². The molecule has 1 fully saturated rings. The van der Waals surface area contributed by atoms with Crippen LogP contribution in [-0.2, 0) is 6.54 Å². The molecule has 0 aliphatic carbocycles. The lowest BCUT2D eigenvalue weighted by molar-refractivity contribution is 0.122. The van der Waals surface area contributed by atoms with Crippen LogP contribution in [0.3, 0.4) is 0 Å². The van der Waals surface area contributed by atoms with E-state index in [0.29, 0.717) is 11.8 Å². The lowest BCUT2D eigenvalue weighted by Gasteiger charge is -2.31. The summed E-state index contributed by atoms with van der Waals surface area (Å²) in [4.78, 5) is 6.67. The molecule has 1 aromatic carbocycles. The van der Waals surface area contributed by atoms with Crippen molar-refractivity contribution in [1.82, 2.24) is 15.0 Å². The molecule has 1 atom stereocenters. The summed E-state index contributed by atoms with van der Waals surface area (Å²) in [5, 5.41) is 3.98. The zero-order valence-corrected chi connectivity index (χ0v) is 13.3. The number of hydrogen-bond acceptors (Lipinski definition) is 5. The smallest absolute Gasteiger partial charge is 0.223 e. The molecule has 118 valence electrons. The molecule has 1 aliphatic rings. The van der Waals surface area contributed by atoms with Crippen molar-refractivity contribution in [3.05, 3.63) is 41.5 Å². The SMILES string of the molecule is Cc1cccc(OC[C@@H]2CCCN(Cc3noc(C)n3)C2)c1. The molecule has 2 heterocycles. The van der Waals surface area contributed by atoms with Crippen LogP contribution in [0.5, 0.6) is 5.75 Å². The number of benzene rings is 1.